The van der Waals surface area contributed by atoms with Crippen LogP contribution in [0.5, 0.6) is 0 Å². The number of thiophene rings is 1. The molecule has 2 aromatic carbocycles. The van der Waals surface area contributed by atoms with Gasteiger partial charge in [-0.25, -0.2) is 0 Å². The van der Waals surface area contributed by atoms with Crippen LogP contribution in [0.2, 0.25) is 0 Å². The highest BCUT2D eigenvalue weighted by Crippen LogP contribution is 2.33. The van der Waals surface area contributed by atoms with Gasteiger partial charge in [0.2, 0.25) is 0 Å². The molecule has 3 aromatic rings. The summed E-state index contributed by atoms with van der Waals surface area (Å²) in [6, 6.07) is 12.2. The van der Waals surface area contributed by atoms with Gasteiger partial charge in [0.25, 0.3) is 0 Å². The molecular formula is C15H10Br2OS. The van der Waals surface area contributed by atoms with Gasteiger partial charge in [0.05, 0.1) is 0 Å². The molecule has 0 spiro atoms. The number of aliphatic hydroxyl groups excluding tert-OH is 1. The van der Waals surface area contributed by atoms with Gasteiger partial charge < -0.3 is 5.11 Å². The van der Waals surface area contributed by atoms with Crippen molar-refractivity contribution in [1.82, 2.24) is 0 Å². The van der Waals surface area contributed by atoms with E-state index < -0.39 is 6.10 Å². The van der Waals surface area contributed by atoms with Gasteiger partial charge in [0.1, 0.15) is 6.10 Å². The maximum atomic E-state index is 10.4. The van der Waals surface area contributed by atoms with Crippen molar-refractivity contribution in [3.63, 3.8) is 0 Å². The largest absolute Gasteiger partial charge is 0.384 e. The van der Waals surface area contributed by atoms with Crippen LogP contribution in [-0.4, -0.2) is 5.11 Å². The highest BCUT2D eigenvalue weighted by Gasteiger charge is 2.14. The Morgan fingerprint density at radius 2 is 1.68 bits per heavy atom. The first-order valence-electron chi connectivity index (χ1n) is 5.74. The standard InChI is InChI=1S/C15H10Br2OS/c16-12-4-3-9-5-11(2-1-10(9)6-12)15(18)13-7-19-8-14(13)17/h1-8,15,18H. The summed E-state index contributed by atoms with van der Waals surface area (Å²) in [7, 11) is 0. The molecule has 4 heteroatoms. The third-order valence-electron chi connectivity index (χ3n) is 3.08. The second-order valence-corrected chi connectivity index (χ2v) is 6.84. The van der Waals surface area contributed by atoms with Gasteiger partial charge in [0, 0.05) is 19.9 Å². The number of fused-ring (bicyclic) bond motifs is 1. The van der Waals surface area contributed by atoms with E-state index in [9.17, 15) is 5.11 Å². The van der Waals surface area contributed by atoms with E-state index in [1.54, 1.807) is 11.3 Å². The van der Waals surface area contributed by atoms with Gasteiger partial charge in [-0.1, -0.05) is 34.1 Å². The molecule has 1 unspecified atom stereocenters. The number of aliphatic hydroxyl groups is 1. The summed E-state index contributed by atoms with van der Waals surface area (Å²) in [5.74, 6) is 0. The molecule has 96 valence electrons. The molecule has 0 saturated carbocycles. The van der Waals surface area contributed by atoms with Crippen LogP contribution in [0.25, 0.3) is 10.8 Å². The van der Waals surface area contributed by atoms with Crippen molar-refractivity contribution >= 4 is 54.0 Å². The van der Waals surface area contributed by atoms with E-state index in [1.165, 1.54) is 0 Å². The molecule has 0 fully saturated rings. The Kier molecular flexibility index (Phi) is 3.76. The van der Waals surface area contributed by atoms with Gasteiger partial charge in [0.15, 0.2) is 0 Å². The predicted molar refractivity (Wildman–Crippen MR) is 87.7 cm³/mol. The number of rotatable bonds is 2. The first-order chi connectivity index (χ1) is 9.15. The average Bonchev–Trinajstić information content (AvgIpc) is 2.83. The molecule has 0 amide bonds. The molecule has 1 aromatic heterocycles. The van der Waals surface area contributed by atoms with E-state index in [1.807, 2.05) is 35.0 Å². The summed E-state index contributed by atoms with van der Waals surface area (Å²) in [5.41, 5.74) is 1.83. The van der Waals surface area contributed by atoms with Crippen LogP contribution >= 0.6 is 43.2 Å². The zero-order chi connectivity index (χ0) is 13.4. The molecule has 0 bridgehead atoms. The van der Waals surface area contributed by atoms with Gasteiger partial charge in [-0.2, -0.15) is 11.3 Å². The molecule has 0 aliphatic rings. The maximum Gasteiger partial charge on any atom is 0.106 e. The average molecular weight is 398 g/mol. The van der Waals surface area contributed by atoms with E-state index in [4.69, 9.17) is 0 Å². The summed E-state index contributed by atoms with van der Waals surface area (Å²) in [5, 5.41) is 16.7. The number of halogens is 2. The highest BCUT2D eigenvalue weighted by molar-refractivity contribution is 9.10. The Labute approximate surface area is 132 Å². The molecule has 0 aliphatic heterocycles. The third-order valence-corrected chi connectivity index (χ3v) is 5.32. The minimum Gasteiger partial charge on any atom is -0.384 e. The van der Waals surface area contributed by atoms with Crippen molar-refractivity contribution in [3.05, 3.63) is 67.2 Å². The molecule has 1 heterocycles. The summed E-state index contributed by atoms with van der Waals surface area (Å²) in [6.07, 6.45) is -0.589. The molecule has 1 nitrogen and oxygen atoms in total. The number of benzene rings is 2. The maximum absolute atomic E-state index is 10.4. The van der Waals surface area contributed by atoms with Crippen LogP contribution in [0, 0.1) is 0 Å². The van der Waals surface area contributed by atoms with Crippen molar-refractivity contribution in [1.29, 1.82) is 0 Å². The van der Waals surface area contributed by atoms with Crippen LogP contribution in [-0.2, 0) is 0 Å². The first-order valence-corrected chi connectivity index (χ1v) is 8.27. The predicted octanol–water partition coefficient (Wildman–Crippen LogP) is 5.51. The Morgan fingerprint density at radius 1 is 0.947 bits per heavy atom. The van der Waals surface area contributed by atoms with Crippen LogP contribution in [0.3, 0.4) is 0 Å². The van der Waals surface area contributed by atoms with Gasteiger partial charge in [-0.3, -0.25) is 0 Å². The van der Waals surface area contributed by atoms with E-state index in [0.29, 0.717) is 0 Å². The van der Waals surface area contributed by atoms with E-state index in [0.717, 1.165) is 30.8 Å². The van der Waals surface area contributed by atoms with Gasteiger partial charge >= 0.3 is 0 Å². The Bertz CT molecular complexity index is 736. The fraction of sp³-hybridized carbons (Fsp3) is 0.0667. The fourth-order valence-corrected chi connectivity index (χ4v) is 3.98. The fourth-order valence-electron chi connectivity index (χ4n) is 2.07. The molecule has 19 heavy (non-hydrogen) atoms. The van der Waals surface area contributed by atoms with Gasteiger partial charge in [-0.05, 0) is 55.8 Å². The van der Waals surface area contributed by atoms with Crippen LogP contribution in [0.15, 0.2) is 56.1 Å². The zero-order valence-electron chi connectivity index (χ0n) is 9.81. The van der Waals surface area contributed by atoms with E-state index in [-0.39, 0.29) is 0 Å². The van der Waals surface area contributed by atoms with Crippen molar-refractivity contribution < 1.29 is 5.11 Å². The summed E-state index contributed by atoms with van der Waals surface area (Å²) < 4.78 is 2.02. The monoisotopic (exact) mass is 396 g/mol. The van der Waals surface area contributed by atoms with E-state index in [2.05, 4.69) is 44.0 Å². The topological polar surface area (TPSA) is 20.2 Å². The lowest BCUT2D eigenvalue weighted by molar-refractivity contribution is 0.220. The number of hydrogen-bond acceptors (Lipinski definition) is 2. The smallest absolute Gasteiger partial charge is 0.106 e. The first kappa shape index (κ1) is 13.3. The van der Waals surface area contributed by atoms with Crippen LogP contribution in [0.1, 0.15) is 17.2 Å². The molecule has 0 radical (unpaired) electrons. The highest BCUT2D eigenvalue weighted by atomic mass is 79.9. The molecule has 1 atom stereocenters. The minimum absolute atomic E-state index is 0.589. The van der Waals surface area contributed by atoms with Gasteiger partial charge in [-0.15, -0.1) is 0 Å². The second kappa shape index (κ2) is 5.37. The summed E-state index contributed by atoms with van der Waals surface area (Å²) in [4.78, 5) is 0. The van der Waals surface area contributed by atoms with E-state index >= 15 is 0 Å². The minimum atomic E-state index is -0.589. The molecule has 0 aliphatic carbocycles. The molecule has 1 N–H and O–H groups in total. The van der Waals surface area contributed by atoms with Crippen molar-refractivity contribution in [3.8, 4) is 0 Å². The summed E-state index contributed by atoms with van der Waals surface area (Å²) >= 11 is 8.52. The SMILES string of the molecule is OC(c1ccc2cc(Br)ccc2c1)c1cscc1Br. The molecule has 0 saturated heterocycles. The normalized spacial score (nSPS) is 12.8. The molecular weight excluding hydrogens is 388 g/mol. The number of hydrogen-bond donors (Lipinski definition) is 1. The lowest BCUT2D eigenvalue weighted by Gasteiger charge is -2.11. The van der Waals surface area contributed by atoms with Crippen molar-refractivity contribution in [2.45, 2.75) is 6.10 Å². The zero-order valence-corrected chi connectivity index (χ0v) is 13.8. The van der Waals surface area contributed by atoms with Crippen molar-refractivity contribution in [2.75, 3.05) is 0 Å². The van der Waals surface area contributed by atoms with Crippen molar-refractivity contribution in [2.24, 2.45) is 0 Å². The molecule has 3 rings (SSSR count). The van der Waals surface area contributed by atoms with Crippen LogP contribution < -0.4 is 0 Å². The Morgan fingerprint density at radius 3 is 2.42 bits per heavy atom. The Hall–Kier alpha value is -0.680. The second-order valence-electron chi connectivity index (χ2n) is 4.33. The third kappa shape index (κ3) is 2.63. The quantitative estimate of drug-likeness (QED) is 0.604. The Balaban J connectivity index is 2.06. The van der Waals surface area contributed by atoms with Crippen LogP contribution in [0.4, 0.5) is 0 Å². The lowest BCUT2D eigenvalue weighted by Crippen LogP contribution is -1.98. The lowest BCUT2D eigenvalue weighted by atomic mass is 10.0. The summed E-state index contributed by atoms with van der Waals surface area (Å²) in [6.45, 7) is 0.